The van der Waals surface area contributed by atoms with Crippen LogP contribution in [0.5, 0.6) is 0 Å². The van der Waals surface area contributed by atoms with Gasteiger partial charge in [0, 0.05) is 28.2 Å². The Labute approximate surface area is 201 Å². The molecule has 5 aromatic rings. The quantitative estimate of drug-likeness (QED) is 0.280. The van der Waals surface area contributed by atoms with Gasteiger partial charge in [0.25, 0.3) is 5.56 Å². The fourth-order valence-electron chi connectivity index (χ4n) is 4.33. The molecule has 7 heteroatoms. The van der Waals surface area contributed by atoms with E-state index in [1.54, 1.807) is 54.7 Å². The van der Waals surface area contributed by atoms with Gasteiger partial charge in [0.2, 0.25) is 5.78 Å². The summed E-state index contributed by atoms with van der Waals surface area (Å²) in [5, 5.41) is 0.780. The van der Waals surface area contributed by atoms with Crippen molar-refractivity contribution in [3.8, 4) is 0 Å². The summed E-state index contributed by atoms with van der Waals surface area (Å²) in [6, 6.07) is 21.7. The maximum Gasteiger partial charge on any atom is 0.327 e. The van der Waals surface area contributed by atoms with Crippen LogP contribution < -0.4 is 5.56 Å². The van der Waals surface area contributed by atoms with Crippen molar-refractivity contribution in [1.29, 1.82) is 0 Å². The number of benzene rings is 3. The third-order valence-corrected chi connectivity index (χ3v) is 6.08. The first-order valence-electron chi connectivity index (χ1n) is 11.4. The van der Waals surface area contributed by atoms with Crippen LogP contribution >= 0.6 is 0 Å². The molecule has 2 heterocycles. The largest absolute Gasteiger partial charge is 0.448 e. The predicted octanol–water partition coefficient (Wildman–Crippen LogP) is 4.61. The van der Waals surface area contributed by atoms with E-state index < -0.39 is 17.6 Å². The molecule has 0 aliphatic carbocycles. The number of H-pyrrole nitrogens is 1. The van der Waals surface area contributed by atoms with Crippen LogP contribution in [-0.4, -0.2) is 26.3 Å². The SMILES string of the molecule is CCc1cccc2c(C(=O)C(OC(=O)Cn3c(=O)cnc4ccccc43)c3ccccc3)c[nH]c12. The van der Waals surface area contributed by atoms with Crippen LogP contribution in [0, 0.1) is 0 Å². The fraction of sp³-hybridized carbons (Fsp3) is 0.143. The van der Waals surface area contributed by atoms with E-state index in [2.05, 4.69) is 16.9 Å². The average Bonchev–Trinajstić information content (AvgIpc) is 3.33. The Kier molecular flexibility index (Phi) is 5.97. The molecule has 1 N–H and O–H groups in total. The first-order valence-corrected chi connectivity index (χ1v) is 11.4. The lowest BCUT2D eigenvalue weighted by molar-refractivity contribution is -0.148. The molecule has 7 nitrogen and oxygen atoms in total. The molecule has 0 aliphatic rings. The summed E-state index contributed by atoms with van der Waals surface area (Å²) in [6.45, 7) is 1.71. The Morgan fingerprint density at radius 3 is 2.57 bits per heavy atom. The van der Waals surface area contributed by atoms with Crippen LogP contribution in [0.15, 0.2) is 90.0 Å². The van der Waals surface area contributed by atoms with E-state index in [1.807, 2.05) is 24.3 Å². The minimum Gasteiger partial charge on any atom is -0.448 e. The van der Waals surface area contributed by atoms with Gasteiger partial charge in [-0.25, -0.2) is 4.98 Å². The molecule has 0 radical (unpaired) electrons. The highest BCUT2D eigenvalue weighted by Crippen LogP contribution is 2.29. The first kappa shape index (κ1) is 22.3. The molecule has 0 bridgehead atoms. The molecule has 0 saturated heterocycles. The number of fused-ring (bicyclic) bond motifs is 2. The van der Waals surface area contributed by atoms with E-state index in [1.165, 1.54) is 10.8 Å². The van der Waals surface area contributed by atoms with Gasteiger partial charge in [-0.2, -0.15) is 0 Å². The van der Waals surface area contributed by atoms with Crippen LogP contribution in [0.1, 0.15) is 34.5 Å². The number of aryl methyl sites for hydroxylation is 1. The number of esters is 1. The van der Waals surface area contributed by atoms with E-state index in [-0.39, 0.29) is 12.3 Å². The normalized spacial score (nSPS) is 12.0. The molecule has 0 saturated carbocycles. The number of aromatic amines is 1. The van der Waals surface area contributed by atoms with Crippen molar-refractivity contribution >= 4 is 33.7 Å². The van der Waals surface area contributed by atoms with Gasteiger partial charge in [-0.3, -0.25) is 19.0 Å². The maximum atomic E-state index is 13.7. The van der Waals surface area contributed by atoms with Crippen LogP contribution in [0.4, 0.5) is 0 Å². The Morgan fingerprint density at radius 2 is 1.77 bits per heavy atom. The Morgan fingerprint density at radius 1 is 1.00 bits per heavy atom. The molecular formula is C28H23N3O4. The van der Waals surface area contributed by atoms with Crippen molar-refractivity contribution in [1.82, 2.24) is 14.5 Å². The van der Waals surface area contributed by atoms with Gasteiger partial charge in [0.05, 0.1) is 17.2 Å². The van der Waals surface area contributed by atoms with E-state index in [0.717, 1.165) is 22.9 Å². The topological polar surface area (TPSA) is 94.1 Å². The van der Waals surface area contributed by atoms with Crippen molar-refractivity contribution in [3.63, 3.8) is 0 Å². The lowest BCUT2D eigenvalue weighted by atomic mass is 9.98. The summed E-state index contributed by atoms with van der Waals surface area (Å²) in [7, 11) is 0. The lowest BCUT2D eigenvalue weighted by Gasteiger charge is -2.18. The Balaban J connectivity index is 1.50. The molecule has 0 spiro atoms. The van der Waals surface area contributed by atoms with Crippen molar-refractivity contribution in [2.24, 2.45) is 0 Å². The molecule has 3 aromatic carbocycles. The fourth-order valence-corrected chi connectivity index (χ4v) is 4.33. The standard InChI is InChI=1S/C28H23N3O4/c1-2-18-11-8-12-20-21(15-30-26(18)20)27(34)28(19-9-4-3-5-10-19)35-25(33)17-31-23-14-7-6-13-22(23)29-16-24(31)32/h3-16,28,30H,2,17H2,1H3. The highest BCUT2D eigenvalue weighted by Gasteiger charge is 2.28. The molecule has 1 unspecified atom stereocenters. The molecular weight excluding hydrogens is 442 g/mol. The Hall–Kier alpha value is -4.52. The van der Waals surface area contributed by atoms with E-state index in [4.69, 9.17) is 4.74 Å². The summed E-state index contributed by atoms with van der Waals surface area (Å²) in [6.07, 6.45) is 2.50. The molecule has 5 rings (SSSR count). The number of ketones is 1. The third-order valence-electron chi connectivity index (χ3n) is 6.08. The lowest BCUT2D eigenvalue weighted by Crippen LogP contribution is -2.28. The minimum atomic E-state index is -1.16. The van der Waals surface area contributed by atoms with Gasteiger partial charge in [-0.1, -0.05) is 67.6 Å². The van der Waals surface area contributed by atoms with E-state index in [0.29, 0.717) is 22.2 Å². The van der Waals surface area contributed by atoms with Crippen LogP contribution in [-0.2, 0) is 22.5 Å². The number of nitrogens with one attached hydrogen (secondary N) is 1. The average molecular weight is 466 g/mol. The van der Waals surface area contributed by atoms with Gasteiger partial charge in [0.15, 0.2) is 6.10 Å². The molecule has 174 valence electrons. The third kappa shape index (κ3) is 4.24. The monoisotopic (exact) mass is 465 g/mol. The van der Waals surface area contributed by atoms with Gasteiger partial charge in [-0.15, -0.1) is 0 Å². The molecule has 1 atom stereocenters. The van der Waals surface area contributed by atoms with Crippen molar-refractivity contribution < 1.29 is 14.3 Å². The zero-order chi connectivity index (χ0) is 24.4. The predicted molar refractivity (Wildman–Crippen MR) is 133 cm³/mol. The molecule has 2 aromatic heterocycles. The summed E-state index contributed by atoms with van der Waals surface area (Å²) in [5.41, 5.74) is 3.67. The van der Waals surface area contributed by atoms with Gasteiger partial charge >= 0.3 is 5.97 Å². The Bertz CT molecular complexity index is 1600. The minimum absolute atomic E-state index is 0.337. The second-order valence-electron chi connectivity index (χ2n) is 8.21. The summed E-state index contributed by atoms with van der Waals surface area (Å²) in [5.74, 6) is -1.03. The van der Waals surface area contributed by atoms with Crippen LogP contribution in [0.3, 0.4) is 0 Å². The zero-order valence-corrected chi connectivity index (χ0v) is 19.1. The molecule has 0 aliphatic heterocycles. The van der Waals surface area contributed by atoms with Crippen molar-refractivity contribution in [3.05, 3.63) is 112 Å². The number of Topliss-reactive ketones (excluding diaryl/α,β-unsaturated/α-hetero) is 1. The molecule has 0 amide bonds. The highest BCUT2D eigenvalue weighted by atomic mass is 16.5. The second kappa shape index (κ2) is 9.38. The van der Waals surface area contributed by atoms with E-state index in [9.17, 15) is 14.4 Å². The number of hydrogen-bond acceptors (Lipinski definition) is 5. The number of para-hydroxylation sites is 3. The van der Waals surface area contributed by atoms with Gasteiger partial charge in [0.1, 0.15) is 6.54 Å². The smallest absolute Gasteiger partial charge is 0.327 e. The zero-order valence-electron chi connectivity index (χ0n) is 19.1. The molecule has 0 fully saturated rings. The van der Waals surface area contributed by atoms with Gasteiger partial charge < -0.3 is 9.72 Å². The first-order chi connectivity index (χ1) is 17.1. The summed E-state index contributed by atoms with van der Waals surface area (Å²) >= 11 is 0. The maximum absolute atomic E-state index is 13.7. The number of rotatable bonds is 7. The number of nitrogens with zero attached hydrogens (tertiary/aromatic N) is 2. The van der Waals surface area contributed by atoms with Gasteiger partial charge in [-0.05, 0) is 24.1 Å². The summed E-state index contributed by atoms with van der Waals surface area (Å²) < 4.78 is 7.05. The van der Waals surface area contributed by atoms with Crippen molar-refractivity contribution in [2.75, 3.05) is 0 Å². The number of ether oxygens (including phenoxy) is 1. The van der Waals surface area contributed by atoms with E-state index >= 15 is 0 Å². The van der Waals surface area contributed by atoms with Crippen molar-refractivity contribution in [2.45, 2.75) is 26.0 Å². The number of aromatic nitrogens is 3. The molecule has 35 heavy (non-hydrogen) atoms. The van der Waals surface area contributed by atoms with Crippen LogP contribution in [0.25, 0.3) is 21.9 Å². The second-order valence-corrected chi connectivity index (χ2v) is 8.21. The highest BCUT2D eigenvalue weighted by molar-refractivity contribution is 6.11. The summed E-state index contributed by atoms with van der Waals surface area (Å²) in [4.78, 5) is 46.6. The number of hydrogen-bond donors (Lipinski definition) is 1. The number of carbonyl (C=O) groups excluding carboxylic acids is 2. The number of carbonyl (C=O) groups is 2. The van der Waals surface area contributed by atoms with Crippen LogP contribution in [0.2, 0.25) is 0 Å².